The molecule has 0 aromatic carbocycles. The van der Waals surface area contributed by atoms with E-state index < -0.39 is 5.60 Å². The number of thiazole rings is 1. The van der Waals surface area contributed by atoms with Gasteiger partial charge in [0.05, 0.1) is 30.4 Å². The van der Waals surface area contributed by atoms with E-state index in [1.165, 1.54) is 11.3 Å². The van der Waals surface area contributed by atoms with E-state index in [0.717, 1.165) is 16.3 Å². The van der Waals surface area contributed by atoms with Crippen LogP contribution in [0.15, 0.2) is 54.3 Å². The van der Waals surface area contributed by atoms with Gasteiger partial charge < -0.3 is 14.5 Å². The molecule has 0 N–H and O–H groups in total. The summed E-state index contributed by atoms with van der Waals surface area (Å²) < 4.78 is 6.24. The Hall–Kier alpha value is -3.17. The van der Waals surface area contributed by atoms with Crippen LogP contribution in [0.3, 0.4) is 0 Å². The van der Waals surface area contributed by atoms with Gasteiger partial charge in [0, 0.05) is 43.0 Å². The number of amides is 2. The number of nitrogens with zero attached hydrogens (tertiary/aromatic N) is 5. The summed E-state index contributed by atoms with van der Waals surface area (Å²) in [6, 6.07) is 9.45. The van der Waals surface area contributed by atoms with Crippen molar-refractivity contribution in [1.82, 2.24) is 24.8 Å². The standard InChI is InChI=1S/C23H23N5O3S/c1-16-26-20(14-32-16)21(29)28-13-19(17-5-4-7-24-11-17)23(15-28)22(30)27(9-10-31-23)12-18-6-2-3-8-25-18/h2-8,11,14,19H,9-10,12-13,15H2,1H3/t19-,23-/m0/s1. The molecular weight excluding hydrogens is 426 g/mol. The minimum absolute atomic E-state index is 0.118. The molecule has 2 amide bonds. The number of carbonyl (C=O) groups is 2. The third-order valence-electron chi connectivity index (χ3n) is 6.05. The van der Waals surface area contributed by atoms with Crippen LogP contribution in [-0.2, 0) is 16.1 Å². The van der Waals surface area contributed by atoms with E-state index in [-0.39, 0.29) is 24.3 Å². The van der Waals surface area contributed by atoms with Crippen LogP contribution in [-0.4, -0.2) is 68.4 Å². The van der Waals surface area contributed by atoms with Gasteiger partial charge >= 0.3 is 0 Å². The lowest BCUT2D eigenvalue weighted by Gasteiger charge is -2.42. The highest BCUT2D eigenvalue weighted by atomic mass is 32.1. The van der Waals surface area contributed by atoms with Gasteiger partial charge in [-0.15, -0.1) is 11.3 Å². The maximum Gasteiger partial charge on any atom is 0.273 e. The van der Waals surface area contributed by atoms with E-state index in [1.54, 1.807) is 33.8 Å². The number of likely N-dealkylation sites (tertiary alicyclic amines) is 1. The fourth-order valence-corrected chi connectivity index (χ4v) is 5.12. The van der Waals surface area contributed by atoms with Crippen molar-refractivity contribution in [3.05, 3.63) is 76.3 Å². The summed E-state index contributed by atoms with van der Waals surface area (Å²) in [5, 5.41) is 2.59. The number of carbonyl (C=O) groups excluding carboxylic acids is 2. The zero-order valence-electron chi connectivity index (χ0n) is 17.7. The fraction of sp³-hybridized carbons (Fsp3) is 0.348. The van der Waals surface area contributed by atoms with E-state index in [0.29, 0.717) is 31.9 Å². The summed E-state index contributed by atoms with van der Waals surface area (Å²) in [4.78, 5) is 43.5. The summed E-state index contributed by atoms with van der Waals surface area (Å²) >= 11 is 1.44. The predicted octanol–water partition coefficient (Wildman–Crippen LogP) is 2.28. The van der Waals surface area contributed by atoms with Gasteiger partial charge in [-0.05, 0) is 30.7 Å². The number of hydrogen-bond acceptors (Lipinski definition) is 7. The topological polar surface area (TPSA) is 88.5 Å². The molecule has 2 fully saturated rings. The Morgan fingerprint density at radius 3 is 2.91 bits per heavy atom. The van der Waals surface area contributed by atoms with Gasteiger partial charge in [-0.3, -0.25) is 19.6 Å². The maximum atomic E-state index is 13.8. The zero-order chi connectivity index (χ0) is 22.1. The number of aryl methyl sites for hydroxylation is 1. The van der Waals surface area contributed by atoms with E-state index in [9.17, 15) is 9.59 Å². The minimum Gasteiger partial charge on any atom is -0.361 e. The Bertz CT molecular complexity index is 1120. The number of ether oxygens (including phenoxy) is 1. The molecule has 0 unspecified atom stereocenters. The maximum absolute atomic E-state index is 13.8. The van der Waals surface area contributed by atoms with E-state index in [2.05, 4.69) is 15.0 Å². The lowest BCUT2D eigenvalue weighted by Crippen LogP contribution is -2.60. The van der Waals surface area contributed by atoms with Crippen LogP contribution in [0.5, 0.6) is 0 Å². The molecule has 2 aliphatic heterocycles. The number of pyridine rings is 2. The van der Waals surface area contributed by atoms with Crippen LogP contribution >= 0.6 is 11.3 Å². The summed E-state index contributed by atoms with van der Waals surface area (Å²) in [7, 11) is 0. The molecule has 3 aromatic rings. The van der Waals surface area contributed by atoms with Gasteiger partial charge in [0.15, 0.2) is 5.60 Å². The van der Waals surface area contributed by atoms with Gasteiger partial charge in [-0.1, -0.05) is 12.1 Å². The molecule has 5 rings (SSSR count). The normalized spacial score (nSPS) is 23.2. The van der Waals surface area contributed by atoms with E-state index in [1.807, 2.05) is 37.3 Å². The molecule has 1 spiro atoms. The number of rotatable bonds is 4. The Balaban J connectivity index is 1.48. The van der Waals surface area contributed by atoms with Crippen molar-refractivity contribution >= 4 is 23.2 Å². The first kappa shape index (κ1) is 20.7. The molecule has 5 heterocycles. The Morgan fingerprint density at radius 1 is 1.28 bits per heavy atom. The molecule has 9 heteroatoms. The van der Waals surface area contributed by atoms with Crippen LogP contribution in [0.25, 0.3) is 0 Å². The van der Waals surface area contributed by atoms with Gasteiger partial charge in [-0.25, -0.2) is 4.98 Å². The summed E-state index contributed by atoms with van der Waals surface area (Å²) in [5.41, 5.74) is 0.949. The third-order valence-corrected chi connectivity index (χ3v) is 6.83. The molecule has 0 radical (unpaired) electrons. The second kappa shape index (κ2) is 8.40. The molecule has 2 aliphatic rings. The van der Waals surface area contributed by atoms with Gasteiger partial charge in [0.25, 0.3) is 11.8 Å². The molecule has 0 saturated carbocycles. The third kappa shape index (κ3) is 3.67. The Labute approximate surface area is 189 Å². The monoisotopic (exact) mass is 449 g/mol. The molecule has 0 aliphatic carbocycles. The Morgan fingerprint density at radius 2 is 2.19 bits per heavy atom. The lowest BCUT2D eigenvalue weighted by atomic mass is 9.83. The summed E-state index contributed by atoms with van der Waals surface area (Å²) in [6.45, 7) is 3.70. The first-order chi connectivity index (χ1) is 15.6. The van der Waals surface area contributed by atoms with Crippen molar-refractivity contribution in [2.45, 2.75) is 25.0 Å². The van der Waals surface area contributed by atoms with Crippen LogP contribution in [0.4, 0.5) is 0 Å². The molecule has 3 aromatic heterocycles. The summed E-state index contributed by atoms with van der Waals surface area (Å²) in [6.07, 6.45) is 5.17. The van der Waals surface area contributed by atoms with Crippen molar-refractivity contribution in [1.29, 1.82) is 0 Å². The van der Waals surface area contributed by atoms with Crippen molar-refractivity contribution in [3.63, 3.8) is 0 Å². The number of morpholine rings is 1. The average Bonchev–Trinajstić information content (AvgIpc) is 3.42. The van der Waals surface area contributed by atoms with E-state index >= 15 is 0 Å². The predicted molar refractivity (Wildman–Crippen MR) is 118 cm³/mol. The van der Waals surface area contributed by atoms with Crippen LogP contribution in [0.1, 0.15) is 32.7 Å². The molecular formula is C23H23N5O3S. The molecule has 164 valence electrons. The van der Waals surface area contributed by atoms with Gasteiger partial charge in [0.2, 0.25) is 0 Å². The lowest BCUT2D eigenvalue weighted by molar-refractivity contribution is -0.172. The van der Waals surface area contributed by atoms with Crippen LogP contribution in [0, 0.1) is 6.92 Å². The number of hydrogen-bond donors (Lipinski definition) is 0. The second-order valence-electron chi connectivity index (χ2n) is 8.06. The highest BCUT2D eigenvalue weighted by molar-refractivity contribution is 7.09. The van der Waals surface area contributed by atoms with Crippen molar-refractivity contribution in [2.24, 2.45) is 0 Å². The zero-order valence-corrected chi connectivity index (χ0v) is 18.5. The minimum atomic E-state index is -1.16. The highest BCUT2D eigenvalue weighted by Gasteiger charge is 2.58. The van der Waals surface area contributed by atoms with Crippen molar-refractivity contribution in [2.75, 3.05) is 26.2 Å². The smallest absolute Gasteiger partial charge is 0.273 e. The molecule has 0 bridgehead atoms. The molecule has 8 nitrogen and oxygen atoms in total. The number of aromatic nitrogens is 3. The van der Waals surface area contributed by atoms with Crippen molar-refractivity contribution < 1.29 is 14.3 Å². The molecule has 2 atom stereocenters. The van der Waals surface area contributed by atoms with Crippen LogP contribution in [0.2, 0.25) is 0 Å². The fourth-order valence-electron chi connectivity index (χ4n) is 4.53. The highest BCUT2D eigenvalue weighted by Crippen LogP contribution is 2.42. The first-order valence-corrected chi connectivity index (χ1v) is 11.4. The molecule has 32 heavy (non-hydrogen) atoms. The summed E-state index contributed by atoms with van der Waals surface area (Å²) in [5.74, 6) is -0.620. The average molecular weight is 450 g/mol. The van der Waals surface area contributed by atoms with Gasteiger partial charge in [0.1, 0.15) is 5.69 Å². The van der Waals surface area contributed by atoms with Crippen LogP contribution < -0.4 is 0 Å². The SMILES string of the molecule is Cc1nc(C(=O)N2C[C@@H](c3cccnc3)[C@]3(C2)OCCN(Cc2ccccn2)C3=O)cs1. The first-order valence-electron chi connectivity index (χ1n) is 10.5. The second-order valence-corrected chi connectivity index (χ2v) is 9.12. The van der Waals surface area contributed by atoms with Gasteiger partial charge in [-0.2, -0.15) is 0 Å². The molecule has 2 saturated heterocycles. The Kier molecular flexibility index (Phi) is 5.44. The quantitative estimate of drug-likeness (QED) is 0.607. The van der Waals surface area contributed by atoms with Crippen molar-refractivity contribution in [3.8, 4) is 0 Å². The largest absolute Gasteiger partial charge is 0.361 e. The van der Waals surface area contributed by atoms with E-state index in [4.69, 9.17) is 4.74 Å².